The molecular weight excluding hydrogens is 144 g/mol. The zero-order chi connectivity index (χ0) is 8.13. The van der Waals surface area contributed by atoms with Crippen molar-refractivity contribution in [1.29, 1.82) is 0 Å². The van der Waals surface area contributed by atoms with Crippen LogP contribution in [0.2, 0.25) is 0 Å². The molecule has 0 radical (unpaired) electrons. The molecule has 12 heavy (non-hydrogen) atoms. The van der Waals surface area contributed by atoms with Gasteiger partial charge in [0, 0.05) is 0 Å². The molecule has 0 saturated heterocycles. The number of fused-ring (bicyclic) bond motifs is 5. The van der Waals surface area contributed by atoms with Crippen molar-refractivity contribution in [2.45, 2.75) is 45.4 Å². The zero-order valence-corrected chi connectivity index (χ0v) is 8.13. The molecule has 5 atom stereocenters. The minimum atomic E-state index is 1.08. The second-order valence-corrected chi connectivity index (χ2v) is 5.48. The Labute approximate surface area is 75.7 Å². The van der Waals surface area contributed by atoms with E-state index in [1.807, 2.05) is 0 Å². The summed E-state index contributed by atoms with van der Waals surface area (Å²) < 4.78 is 0. The molecule has 0 heterocycles. The van der Waals surface area contributed by atoms with Gasteiger partial charge >= 0.3 is 0 Å². The van der Waals surface area contributed by atoms with E-state index in [0.29, 0.717) is 0 Å². The minimum Gasteiger partial charge on any atom is -0.0622 e. The Morgan fingerprint density at radius 2 is 1.58 bits per heavy atom. The smallest absolute Gasteiger partial charge is 0.0352 e. The van der Waals surface area contributed by atoms with Crippen LogP contribution in [0.4, 0.5) is 0 Å². The van der Waals surface area contributed by atoms with Gasteiger partial charge in [-0.25, -0.2) is 0 Å². The van der Waals surface area contributed by atoms with Crippen molar-refractivity contribution in [3.05, 3.63) is 0 Å². The van der Waals surface area contributed by atoms with Crippen LogP contribution >= 0.6 is 0 Å². The van der Waals surface area contributed by atoms with Gasteiger partial charge in [-0.2, -0.15) is 0 Å². The average Bonchev–Trinajstić information content (AvgIpc) is 2.62. The van der Waals surface area contributed by atoms with Gasteiger partial charge in [0.2, 0.25) is 0 Å². The lowest BCUT2D eigenvalue weighted by Crippen LogP contribution is -2.29. The highest BCUT2D eigenvalue weighted by atomic mass is 14.6. The van der Waals surface area contributed by atoms with Crippen molar-refractivity contribution < 1.29 is 0 Å². The fraction of sp³-hybridized carbons (Fsp3) is 1.00. The summed E-state index contributed by atoms with van der Waals surface area (Å²) in [5.41, 5.74) is 0. The van der Waals surface area contributed by atoms with Gasteiger partial charge < -0.3 is 0 Å². The Balaban J connectivity index is 1.84. The number of rotatable bonds is 0. The van der Waals surface area contributed by atoms with Crippen LogP contribution in [-0.2, 0) is 0 Å². The SMILES string of the molecule is CC1CC2CC1C1CCCCC21. The van der Waals surface area contributed by atoms with Crippen LogP contribution in [0.25, 0.3) is 0 Å². The van der Waals surface area contributed by atoms with Crippen molar-refractivity contribution in [1.82, 2.24) is 0 Å². The van der Waals surface area contributed by atoms with E-state index in [4.69, 9.17) is 0 Å². The molecule has 0 amide bonds. The van der Waals surface area contributed by atoms with E-state index in [9.17, 15) is 0 Å². The number of hydrogen-bond donors (Lipinski definition) is 0. The monoisotopic (exact) mass is 164 g/mol. The zero-order valence-electron chi connectivity index (χ0n) is 8.13. The predicted octanol–water partition coefficient (Wildman–Crippen LogP) is 3.47. The van der Waals surface area contributed by atoms with Crippen molar-refractivity contribution in [3.63, 3.8) is 0 Å². The maximum atomic E-state index is 2.50. The summed E-state index contributed by atoms with van der Waals surface area (Å²) in [7, 11) is 0. The quantitative estimate of drug-likeness (QED) is 0.514. The highest BCUT2D eigenvalue weighted by molar-refractivity contribution is 5.00. The minimum absolute atomic E-state index is 1.08. The molecule has 0 spiro atoms. The fourth-order valence-electron chi connectivity index (χ4n) is 4.58. The summed E-state index contributed by atoms with van der Waals surface area (Å²) >= 11 is 0. The van der Waals surface area contributed by atoms with Crippen LogP contribution in [0.3, 0.4) is 0 Å². The van der Waals surface area contributed by atoms with Crippen LogP contribution in [0.15, 0.2) is 0 Å². The first-order valence-electron chi connectivity index (χ1n) is 5.86. The van der Waals surface area contributed by atoms with Gasteiger partial charge in [-0.3, -0.25) is 0 Å². The van der Waals surface area contributed by atoms with Crippen molar-refractivity contribution in [2.24, 2.45) is 29.6 Å². The third-order valence-electron chi connectivity index (χ3n) is 5.01. The van der Waals surface area contributed by atoms with Crippen molar-refractivity contribution in [3.8, 4) is 0 Å². The van der Waals surface area contributed by atoms with E-state index in [1.54, 1.807) is 32.1 Å². The molecule has 3 rings (SSSR count). The lowest BCUT2D eigenvalue weighted by atomic mass is 9.68. The first-order chi connectivity index (χ1) is 5.86. The van der Waals surface area contributed by atoms with E-state index < -0.39 is 0 Å². The van der Waals surface area contributed by atoms with Crippen LogP contribution in [0.5, 0.6) is 0 Å². The summed E-state index contributed by atoms with van der Waals surface area (Å²) in [5.74, 6) is 5.75. The molecule has 3 aliphatic carbocycles. The molecule has 0 aliphatic heterocycles. The molecule has 0 heteroatoms. The van der Waals surface area contributed by atoms with Gasteiger partial charge in [0.15, 0.2) is 0 Å². The van der Waals surface area contributed by atoms with E-state index in [0.717, 1.165) is 17.8 Å². The van der Waals surface area contributed by atoms with Gasteiger partial charge in [0.1, 0.15) is 0 Å². The molecule has 0 N–H and O–H groups in total. The van der Waals surface area contributed by atoms with Gasteiger partial charge in [0.05, 0.1) is 0 Å². The van der Waals surface area contributed by atoms with Gasteiger partial charge in [-0.05, 0) is 55.3 Å². The van der Waals surface area contributed by atoms with Gasteiger partial charge in [-0.15, -0.1) is 0 Å². The highest BCUT2D eigenvalue weighted by Gasteiger charge is 2.50. The molecule has 68 valence electrons. The number of hydrogen-bond acceptors (Lipinski definition) is 0. The highest BCUT2D eigenvalue weighted by Crippen LogP contribution is 2.59. The van der Waals surface area contributed by atoms with E-state index in [2.05, 4.69) is 6.92 Å². The van der Waals surface area contributed by atoms with E-state index >= 15 is 0 Å². The lowest BCUT2D eigenvalue weighted by Gasteiger charge is -2.37. The summed E-state index contributed by atoms with van der Waals surface area (Å²) in [6.45, 7) is 2.50. The van der Waals surface area contributed by atoms with Crippen LogP contribution in [0.1, 0.15) is 45.4 Å². The Hall–Kier alpha value is 0. The molecule has 0 nitrogen and oxygen atoms in total. The fourth-order valence-corrected chi connectivity index (χ4v) is 4.58. The van der Waals surface area contributed by atoms with Gasteiger partial charge in [0.25, 0.3) is 0 Å². The van der Waals surface area contributed by atoms with Crippen molar-refractivity contribution in [2.75, 3.05) is 0 Å². The van der Waals surface area contributed by atoms with E-state index in [1.165, 1.54) is 18.3 Å². The maximum absolute atomic E-state index is 2.50. The Bertz CT molecular complexity index is 182. The van der Waals surface area contributed by atoms with Crippen LogP contribution < -0.4 is 0 Å². The third-order valence-corrected chi connectivity index (χ3v) is 5.01. The second-order valence-electron chi connectivity index (χ2n) is 5.48. The molecule has 0 aromatic carbocycles. The van der Waals surface area contributed by atoms with Crippen LogP contribution in [0, 0.1) is 29.6 Å². The maximum Gasteiger partial charge on any atom is -0.0352 e. The molecular formula is C12H20. The first kappa shape index (κ1) is 7.41. The normalized spacial score (nSPS) is 57.2. The lowest BCUT2D eigenvalue weighted by molar-refractivity contribution is 0.123. The van der Waals surface area contributed by atoms with Crippen LogP contribution in [-0.4, -0.2) is 0 Å². The summed E-state index contributed by atoms with van der Waals surface area (Å²) in [4.78, 5) is 0. The molecule has 3 saturated carbocycles. The first-order valence-corrected chi connectivity index (χ1v) is 5.86. The second kappa shape index (κ2) is 2.49. The third kappa shape index (κ3) is 0.843. The van der Waals surface area contributed by atoms with E-state index in [-0.39, 0.29) is 0 Å². The molecule has 5 unspecified atom stereocenters. The Morgan fingerprint density at radius 3 is 2.42 bits per heavy atom. The Kier molecular flexibility index (Phi) is 1.54. The topological polar surface area (TPSA) is 0 Å². The summed E-state index contributed by atoms with van der Waals surface area (Å²) in [5, 5.41) is 0. The molecule has 3 aliphatic rings. The summed E-state index contributed by atoms with van der Waals surface area (Å²) in [6.07, 6.45) is 9.42. The standard InChI is InChI=1S/C12H20/c1-8-6-9-7-12(8)11-5-3-2-4-10(9)11/h8-12H,2-7H2,1H3. The molecule has 2 bridgehead atoms. The largest absolute Gasteiger partial charge is 0.0622 e. The van der Waals surface area contributed by atoms with Crippen molar-refractivity contribution >= 4 is 0 Å². The predicted molar refractivity (Wildman–Crippen MR) is 50.8 cm³/mol. The average molecular weight is 164 g/mol. The molecule has 3 fully saturated rings. The molecule has 0 aromatic rings. The molecule has 0 aromatic heterocycles. The summed E-state index contributed by atoms with van der Waals surface area (Å²) in [6, 6.07) is 0. The Morgan fingerprint density at radius 1 is 0.833 bits per heavy atom. The van der Waals surface area contributed by atoms with Gasteiger partial charge in [-0.1, -0.05) is 19.8 Å².